The molecule has 0 aliphatic carbocycles. The lowest BCUT2D eigenvalue weighted by molar-refractivity contribution is -0.119. The van der Waals surface area contributed by atoms with Gasteiger partial charge in [0, 0.05) is 30.9 Å². The highest BCUT2D eigenvalue weighted by Gasteiger charge is 2.25. The van der Waals surface area contributed by atoms with Gasteiger partial charge in [-0.1, -0.05) is 6.07 Å². The summed E-state index contributed by atoms with van der Waals surface area (Å²) in [6.45, 7) is 2.09. The van der Waals surface area contributed by atoms with Crippen molar-refractivity contribution in [3.05, 3.63) is 36.4 Å². The minimum absolute atomic E-state index is 0.263. The van der Waals surface area contributed by atoms with E-state index < -0.39 is 0 Å². The van der Waals surface area contributed by atoms with E-state index >= 15 is 0 Å². The third-order valence-electron chi connectivity index (χ3n) is 3.62. The molecule has 3 rings (SSSR count). The van der Waals surface area contributed by atoms with Crippen LogP contribution in [-0.2, 0) is 9.59 Å². The first-order valence-electron chi connectivity index (χ1n) is 6.67. The van der Waals surface area contributed by atoms with Crippen LogP contribution < -0.4 is 9.80 Å². The van der Waals surface area contributed by atoms with Gasteiger partial charge in [0.1, 0.15) is 0 Å². The lowest BCUT2D eigenvalue weighted by atomic mass is 10.1. The highest BCUT2D eigenvalue weighted by molar-refractivity contribution is 6.28. The van der Waals surface area contributed by atoms with Crippen LogP contribution in [0.5, 0.6) is 0 Å². The second-order valence-corrected chi connectivity index (χ2v) is 4.91. The standard InChI is InChI=1S/C15H16N2O2/c18-14-7-8-15(19)17(14)13-6-4-5-12(11-13)16-9-2-1-3-10-16/h4-8,11H,1-3,9-10H2. The third kappa shape index (κ3) is 2.26. The quantitative estimate of drug-likeness (QED) is 0.761. The highest BCUT2D eigenvalue weighted by Crippen LogP contribution is 2.26. The summed E-state index contributed by atoms with van der Waals surface area (Å²) in [5, 5.41) is 0. The van der Waals surface area contributed by atoms with E-state index in [2.05, 4.69) is 4.90 Å². The molecule has 98 valence electrons. The molecule has 1 aromatic carbocycles. The molecule has 1 aromatic rings. The van der Waals surface area contributed by atoms with Crippen LogP contribution in [0.3, 0.4) is 0 Å². The fraction of sp³-hybridized carbons (Fsp3) is 0.333. The predicted octanol–water partition coefficient (Wildman–Crippen LogP) is 2.11. The number of amides is 2. The number of anilines is 2. The van der Waals surface area contributed by atoms with Crippen LogP contribution in [0.1, 0.15) is 19.3 Å². The van der Waals surface area contributed by atoms with Crippen molar-refractivity contribution in [3.8, 4) is 0 Å². The van der Waals surface area contributed by atoms with Gasteiger partial charge in [0.05, 0.1) is 5.69 Å². The number of hydrogen-bond acceptors (Lipinski definition) is 3. The zero-order valence-corrected chi connectivity index (χ0v) is 10.7. The SMILES string of the molecule is O=C1C=CC(=O)N1c1cccc(N2CCCCC2)c1. The average Bonchev–Trinajstić information content (AvgIpc) is 2.79. The molecule has 1 fully saturated rings. The molecule has 0 saturated carbocycles. The summed E-state index contributed by atoms with van der Waals surface area (Å²) < 4.78 is 0. The van der Waals surface area contributed by atoms with Crippen LogP contribution in [0.15, 0.2) is 36.4 Å². The summed E-state index contributed by atoms with van der Waals surface area (Å²) in [6.07, 6.45) is 6.32. The van der Waals surface area contributed by atoms with E-state index in [4.69, 9.17) is 0 Å². The number of rotatable bonds is 2. The number of imide groups is 1. The molecule has 2 aliphatic heterocycles. The predicted molar refractivity (Wildman–Crippen MR) is 74.1 cm³/mol. The lowest BCUT2D eigenvalue weighted by Gasteiger charge is -2.29. The minimum Gasteiger partial charge on any atom is -0.371 e. The summed E-state index contributed by atoms with van der Waals surface area (Å²) in [7, 11) is 0. The van der Waals surface area contributed by atoms with E-state index in [1.54, 1.807) is 6.07 Å². The first-order valence-corrected chi connectivity index (χ1v) is 6.67. The van der Waals surface area contributed by atoms with Gasteiger partial charge in [-0.15, -0.1) is 0 Å². The van der Waals surface area contributed by atoms with E-state index in [0.29, 0.717) is 5.69 Å². The molecule has 0 bridgehead atoms. The molecule has 1 saturated heterocycles. The first kappa shape index (κ1) is 12.0. The van der Waals surface area contributed by atoms with Gasteiger partial charge in [-0.3, -0.25) is 9.59 Å². The van der Waals surface area contributed by atoms with Gasteiger partial charge in [-0.25, -0.2) is 4.90 Å². The van der Waals surface area contributed by atoms with Crippen LogP contribution >= 0.6 is 0 Å². The summed E-state index contributed by atoms with van der Waals surface area (Å²) in [5.74, 6) is -0.526. The summed E-state index contributed by atoms with van der Waals surface area (Å²) in [5.41, 5.74) is 1.74. The summed E-state index contributed by atoms with van der Waals surface area (Å²) in [6, 6.07) is 7.66. The highest BCUT2D eigenvalue weighted by atomic mass is 16.2. The van der Waals surface area contributed by atoms with Crippen molar-refractivity contribution in [2.24, 2.45) is 0 Å². The van der Waals surface area contributed by atoms with Gasteiger partial charge in [-0.05, 0) is 37.5 Å². The molecule has 0 aromatic heterocycles. The summed E-state index contributed by atoms with van der Waals surface area (Å²) in [4.78, 5) is 26.9. The Kier molecular flexibility index (Phi) is 3.07. The fourth-order valence-electron chi connectivity index (χ4n) is 2.64. The third-order valence-corrected chi connectivity index (χ3v) is 3.62. The van der Waals surface area contributed by atoms with Crippen molar-refractivity contribution in [3.63, 3.8) is 0 Å². The van der Waals surface area contributed by atoms with Gasteiger partial charge in [0.15, 0.2) is 0 Å². The van der Waals surface area contributed by atoms with Gasteiger partial charge in [0.2, 0.25) is 0 Å². The van der Waals surface area contributed by atoms with E-state index in [1.807, 2.05) is 18.2 Å². The number of carbonyl (C=O) groups excluding carboxylic acids is 2. The Morgan fingerprint density at radius 3 is 2.16 bits per heavy atom. The average molecular weight is 256 g/mol. The number of hydrogen-bond donors (Lipinski definition) is 0. The Morgan fingerprint density at radius 1 is 0.842 bits per heavy atom. The van der Waals surface area contributed by atoms with Crippen molar-refractivity contribution in [2.45, 2.75) is 19.3 Å². The van der Waals surface area contributed by atoms with Crippen LogP contribution in [0.25, 0.3) is 0 Å². The maximum absolute atomic E-state index is 11.7. The summed E-state index contributed by atoms with van der Waals surface area (Å²) >= 11 is 0. The fourth-order valence-corrected chi connectivity index (χ4v) is 2.64. The molecule has 0 N–H and O–H groups in total. The van der Waals surface area contributed by atoms with E-state index in [1.165, 1.54) is 36.3 Å². The second kappa shape index (κ2) is 4.88. The molecular weight excluding hydrogens is 240 g/mol. The number of nitrogens with zero attached hydrogens (tertiary/aromatic N) is 2. The molecular formula is C15H16N2O2. The van der Waals surface area contributed by atoms with Gasteiger partial charge < -0.3 is 4.90 Å². The van der Waals surface area contributed by atoms with E-state index in [-0.39, 0.29) is 11.8 Å². The van der Waals surface area contributed by atoms with Crippen molar-refractivity contribution in [1.29, 1.82) is 0 Å². The van der Waals surface area contributed by atoms with Crippen LogP contribution in [0, 0.1) is 0 Å². The molecule has 2 heterocycles. The molecule has 4 heteroatoms. The second-order valence-electron chi connectivity index (χ2n) is 4.91. The Morgan fingerprint density at radius 2 is 1.47 bits per heavy atom. The zero-order valence-electron chi connectivity index (χ0n) is 10.7. The van der Waals surface area contributed by atoms with Crippen molar-refractivity contribution in [1.82, 2.24) is 0 Å². The van der Waals surface area contributed by atoms with E-state index in [0.717, 1.165) is 18.8 Å². The van der Waals surface area contributed by atoms with Crippen LogP contribution in [0.4, 0.5) is 11.4 Å². The molecule has 4 nitrogen and oxygen atoms in total. The Labute approximate surface area is 112 Å². The normalized spacial score (nSPS) is 19.4. The number of benzene rings is 1. The molecule has 0 unspecified atom stereocenters. The zero-order chi connectivity index (χ0) is 13.2. The Balaban J connectivity index is 1.87. The lowest BCUT2D eigenvalue weighted by Crippen LogP contribution is -2.31. The number of carbonyl (C=O) groups is 2. The van der Waals surface area contributed by atoms with Crippen molar-refractivity contribution in [2.75, 3.05) is 22.9 Å². The minimum atomic E-state index is -0.263. The molecule has 0 radical (unpaired) electrons. The molecule has 2 amide bonds. The largest absolute Gasteiger partial charge is 0.371 e. The van der Waals surface area contributed by atoms with Crippen molar-refractivity contribution >= 4 is 23.2 Å². The van der Waals surface area contributed by atoms with Gasteiger partial charge in [-0.2, -0.15) is 0 Å². The van der Waals surface area contributed by atoms with Crippen molar-refractivity contribution < 1.29 is 9.59 Å². The van der Waals surface area contributed by atoms with E-state index in [9.17, 15) is 9.59 Å². The number of piperidine rings is 1. The van der Waals surface area contributed by atoms with Crippen LogP contribution in [-0.4, -0.2) is 24.9 Å². The smallest absolute Gasteiger partial charge is 0.258 e. The maximum atomic E-state index is 11.7. The molecule has 19 heavy (non-hydrogen) atoms. The van der Waals surface area contributed by atoms with Gasteiger partial charge >= 0.3 is 0 Å². The topological polar surface area (TPSA) is 40.6 Å². The molecule has 2 aliphatic rings. The van der Waals surface area contributed by atoms with Crippen LogP contribution in [0.2, 0.25) is 0 Å². The molecule has 0 spiro atoms. The molecule has 0 atom stereocenters. The Bertz CT molecular complexity index is 527. The monoisotopic (exact) mass is 256 g/mol. The maximum Gasteiger partial charge on any atom is 0.258 e. The van der Waals surface area contributed by atoms with Gasteiger partial charge in [0.25, 0.3) is 11.8 Å². The Hall–Kier alpha value is -2.10. The first-order chi connectivity index (χ1) is 9.25.